The summed E-state index contributed by atoms with van der Waals surface area (Å²) in [5.41, 5.74) is 0. The Morgan fingerprint density at radius 3 is 2.14 bits per heavy atom. The third kappa shape index (κ3) is 2.09. The Bertz CT molecular complexity index is 1120. The number of rotatable bonds is 1. The van der Waals surface area contributed by atoms with E-state index in [-0.39, 0.29) is 40.2 Å². The Morgan fingerprint density at radius 2 is 1.45 bits per heavy atom. The van der Waals surface area contributed by atoms with Crippen molar-refractivity contribution in [3.8, 4) is 5.75 Å². The molecular weight excluding hydrogens is 311 g/mol. The van der Waals surface area contributed by atoms with Crippen molar-refractivity contribution in [2.75, 3.05) is 0 Å². The van der Waals surface area contributed by atoms with E-state index in [1.807, 2.05) is 18.2 Å². The minimum absolute atomic E-state index is 0. The summed E-state index contributed by atoms with van der Waals surface area (Å²) in [5, 5.41) is 14.0. The molecule has 0 aliphatic heterocycles. The van der Waals surface area contributed by atoms with Crippen molar-refractivity contribution in [3.63, 3.8) is 0 Å². The molecule has 0 fully saturated rings. The first-order valence-electron chi connectivity index (χ1n) is 6.32. The van der Waals surface area contributed by atoms with E-state index >= 15 is 0 Å². The van der Waals surface area contributed by atoms with Gasteiger partial charge in [0.25, 0.3) is 0 Å². The van der Waals surface area contributed by atoms with Gasteiger partial charge in [-0.3, -0.25) is 0 Å². The standard InChI is InChI=1S/C16H10O4S.Na/c17-13-7-6-10-5-4-9-2-1-3-11-14(21(18,19)20)8-12(13)16(10)15(9)11;/h1-8,17H,(H,18,19,20);/q;+1/p-1. The summed E-state index contributed by atoms with van der Waals surface area (Å²) in [7, 11) is -4.63. The normalized spacial score (nSPS) is 12.0. The molecule has 0 spiro atoms. The van der Waals surface area contributed by atoms with Gasteiger partial charge in [-0.1, -0.05) is 36.4 Å². The Labute approximate surface area is 148 Å². The summed E-state index contributed by atoms with van der Waals surface area (Å²) in [5.74, 6) is -0.0364. The SMILES string of the molecule is O=S(=O)([O-])c1cc2c(O)ccc3ccc4cccc1c4c32.[Na+]. The summed E-state index contributed by atoms with van der Waals surface area (Å²) in [6.07, 6.45) is 0. The predicted octanol–water partition coefficient (Wildman–Crippen LogP) is 0.198. The molecule has 0 atom stereocenters. The Balaban J connectivity index is 0.00000144. The molecule has 104 valence electrons. The van der Waals surface area contributed by atoms with Gasteiger partial charge in [0.1, 0.15) is 15.9 Å². The molecule has 22 heavy (non-hydrogen) atoms. The summed E-state index contributed by atoms with van der Waals surface area (Å²) < 4.78 is 34.7. The molecule has 0 saturated heterocycles. The van der Waals surface area contributed by atoms with Crippen molar-refractivity contribution >= 4 is 42.4 Å². The Morgan fingerprint density at radius 1 is 0.864 bits per heavy atom. The second-order valence-electron chi connectivity index (χ2n) is 5.03. The van der Waals surface area contributed by atoms with Gasteiger partial charge in [-0.05, 0) is 28.3 Å². The maximum absolute atomic E-state index is 11.6. The van der Waals surface area contributed by atoms with E-state index in [1.54, 1.807) is 18.2 Å². The molecule has 4 aromatic rings. The molecule has 4 nitrogen and oxygen atoms in total. The van der Waals surface area contributed by atoms with E-state index in [9.17, 15) is 18.1 Å². The molecule has 0 heterocycles. The van der Waals surface area contributed by atoms with Gasteiger partial charge in [0.15, 0.2) is 0 Å². The second-order valence-corrected chi connectivity index (χ2v) is 6.38. The average Bonchev–Trinajstić information content (AvgIpc) is 2.45. The summed E-state index contributed by atoms with van der Waals surface area (Å²) in [4.78, 5) is -0.297. The maximum Gasteiger partial charge on any atom is 1.00 e. The van der Waals surface area contributed by atoms with Gasteiger partial charge in [0, 0.05) is 16.2 Å². The fourth-order valence-electron chi connectivity index (χ4n) is 2.98. The van der Waals surface area contributed by atoms with Crippen LogP contribution in [0.5, 0.6) is 5.75 Å². The van der Waals surface area contributed by atoms with Gasteiger partial charge in [-0.15, -0.1) is 0 Å². The Hall–Kier alpha value is -1.37. The Kier molecular flexibility index (Phi) is 3.58. The number of aromatic hydroxyl groups is 1. The van der Waals surface area contributed by atoms with Crippen molar-refractivity contribution in [1.82, 2.24) is 0 Å². The van der Waals surface area contributed by atoms with Crippen LogP contribution in [-0.4, -0.2) is 18.1 Å². The molecule has 1 N–H and O–H groups in total. The van der Waals surface area contributed by atoms with E-state index in [4.69, 9.17) is 0 Å². The number of hydrogen-bond donors (Lipinski definition) is 1. The van der Waals surface area contributed by atoms with E-state index < -0.39 is 10.1 Å². The van der Waals surface area contributed by atoms with E-state index in [0.29, 0.717) is 16.2 Å². The maximum atomic E-state index is 11.6. The molecule has 0 aliphatic rings. The summed E-state index contributed by atoms with van der Waals surface area (Å²) in [6.45, 7) is 0. The first-order valence-corrected chi connectivity index (χ1v) is 7.73. The zero-order chi connectivity index (χ0) is 14.8. The molecule has 0 unspecified atom stereocenters. The zero-order valence-corrected chi connectivity index (χ0v) is 14.5. The molecule has 6 heteroatoms. The van der Waals surface area contributed by atoms with Crippen LogP contribution in [0.3, 0.4) is 0 Å². The molecule has 0 bridgehead atoms. The van der Waals surface area contributed by atoms with E-state index in [0.717, 1.165) is 16.2 Å². The smallest absolute Gasteiger partial charge is 0.744 e. The van der Waals surface area contributed by atoms with Crippen LogP contribution < -0.4 is 29.6 Å². The third-order valence-corrected chi connectivity index (χ3v) is 4.73. The van der Waals surface area contributed by atoms with Gasteiger partial charge >= 0.3 is 29.6 Å². The van der Waals surface area contributed by atoms with Crippen molar-refractivity contribution in [3.05, 3.63) is 48.5 Å². The van der Waals surface area contributed by atoms with Crippen LogP contribution in [0.2, 0.25) is 0 Å². The van der Waals surface area contributed by atoms with Crippen molar-refractivity contribution in [2.24, 2.45) is 0 Å². The molecule has 4 rings (SSSR count). The number of phenolic OH excluding ortho intramolecular Hbond substituents is 1. The van der Waals surface area contributed by atoms with Crippen LogP contribution in [0, 0.1) is 0 Å². The van der Waals surface area contributed by atoms with Crippen LogP contribution in [0.25, 0.3) is 32.3 Å². The molecule has 4 aromatic carbocycles. The minimum Gasteiger partial charge on any atom is -0.744 e. The fourth-order valence-corrected chi connectivity index (χ4v) is 3.68. The quantitative estimate of drug-likeness (QED) is 0.309. The average molecular weight is 320 g/mol. The van der Waals surface area contributed by atoms with Gasteiger partial charge < -0.3 is 9.66 Å². The first kappa shape index (κ1) is 15.5. The largest absolute Gasteiger partial charge is 1.00 e. The van der Waals surface area contributed by atoms with Crippen LogP contribution >= 0.6 is 0 Å². The monoisotopic (exact) mass is 320 g/mol. The zero-order valence-electron chi connectivity index (χ0n) is 11.7. The van der Waals surface area contributed by atoms with Crippen LogP contribution in [0.15, 0.2) is 53.4 Å². The molecule has 0 amide bonds. The van der Waals surface area contributed by atoms with Crippen LogP contribution in [0.1, 0.15) is 0 Å². The van der Waals surface area contributed by atoms with Crippen molar-refractivity contribution in [2.45, 2.75) is 4.90 Å². The number of hydrogen-bond acceptors (Lipinski definition) is 4. The molecule has 0 aliphatic carbocycles. The van der Waals surface area contributed by atoms with E-state index in [2.05, 4.69) is 0 Å². The number of phenols is 1. The third-order valence-electron chi connectivity index (χ3n) is 3.85. The minimum atomic E-state index is -4.63. The first-order chi connectivity index (χ1) is 9.97. The fraction of sp³-hybridized carbons (Fsp3) is 0. The molecule has 0 radical (unpaired) electrons. The molecule has 0 saturated carbocycles. The second kappa shape index (κ2) is 5.08. The summed E-state index contributed by atoms with van der Waals surface area (Å²) >= 11 is 0. The van der Waals surface area contributed by atoms with Crippen LogP contribution in [-0.2, 0) is 10.1 Å². The van der Waals surface area contributed by atoms with Crippen molar-refractivity contribution < 1.29 is 47.6 Å². The number of benzene rings is 4. The van der Waals surface area contributed by atoms with Crippen molar-refractivity contribution in [1.29, 1.82) is 0 Å². The van der Waals surface area contributed by atoms with E-state index in [1.165, 1.54) is 12.1 Å². The molecule has 0 aromatic heterocycles. The molecular formula is C16H9NaO4S. The van der Waals surface area contributed by atoms with Gasteiger partial charge in [-0.2, -0.15) is 0 Å². The van der Waals surface area contributed by atoms with Gasteiger partial charge in [0.05, 0.1) is 4.90 Å². The van der Waals surface area contributed by atoms with Crippen LogP contribution in [0.4, 0.5) is 0 Å². The summed E-state index contributed by atoms with van der Waals surface area (Å²) in [6, 6.07) is 13.5. The van der Waals surface area contributed by atoms with Gasteiger partial charge in [-0.25, -0.2) is 8.42 Å². The predicted molar refractivity (Wildman–Crippen MR) is 79.8 cm³/mol. The topological polar surface area (TPSA) is 77.4 Å². The van der Waals surface area contributed by atoms with Gasteiger partial charge in [0.2, 0.25) is 0 Å².